The Hall–Kier alpha value is -1.60. The van der Waals surface area contributed by atoms with E-state index in [-0.39, 0.29) is 5.91 Å². The second-order valence-electron chi connectivity index (χ2n) is 4.70. The SMILES string of the molecule is C#CC(CC)(CC)NC(=O)CSCCOc1ccccc1. The minimum atomic E-state index is -0.502. The van der Waals surface area contributed by atoms with Crippen LogP contribution < -0.4 is 10.1 Å². The van der Waals surface area contributed by atoms with E-state index in [1.54, 1.807) is 11.8 Å². The van der Waals surface area contributed by atoms with Crippen molar-refractivity contribution in [2.75, 3.05) is 18.1 Å². The largest absolute Gasteiger partial charge is 0.493 e. The van der Waals surface area contributed by atoms with Gasteiger partial charge in [0, 0.05) is 5.75 Å². The van der Waals surface area contributed by atoms with Crippen LogP contribution in [0.3, 0.4) is 0 Å². The lowest BCUT2D eigenvalue weighted by Gasteiger charge is -2.26. The van der Waals surface area contributed by atoms with Gasteiger partial charge in [0.2, 0.25) is 5.91 Å². The Kier molecular flexibility index (Phi) is 7.78. The van der Waals surface area contributed by atoms with E-state index in [1.807, 2.05) is 44.2 Å². The van der Waals surface area contributed by atoms with Crippen molar-refractivity contribution in [1.82, 2.24) is 5.32 Å². The summed E-state index contributed by atoms with van der Waals surface area (Å²) in [5.41, 5.74) is -0.502. The Morgan fingerprint density at radius 3 is 2.57 bits per heavy atom. The second-order valence-corrected chi connectivity index (χ2v) is 5.80. The molecule has 1 N–H and O–H groups in total. The van der Waals surface area contributed by atoms with E-state index in [4.69, 9.17) is 11.2 Å². The van der Waals surface area contributed by atoms with Gasteiger partial charge >= 0.3 is 0 Å². The van der Waals surface area contributed by atoms with Gasteiger partial charge in [0.1, 0.15) is 11.3 Å². The Bertz CT molecular complexity index is 463. The summed E-state index contributed by atoms with van der Waals surface area (Å²) in [4.78, 5) is 11.9. The first-order chi connectivity index (χ1) is 10.2. The molecule has 1 amide bonds. The lowest BCUT2D eigenvalue weighted by atomic mass is 9.94. The van der Waals surface area contributed by atoms with E-state index >= 15 is 0 Å². The van der Waals surface area contributed by atoms with Crippen LogP contribution in [-0.2, 0) is 4.79 Å². The molecule has 0 heterocycles. The van der Waals surface area contributed by atoms with Gasteiger partial charge in [-0.2, -0.15) is 0 Å². The predicted octanol–water partition coefficient (Wildman–Crippen LogP) is 3.11. The molecule has 1 rings (SSSR count). The monoisotopic (exact) mass is 305 g/mol. The first-order valence-electron chi connectivity index (χ1n) is 7.20. The summed E-state index contributed by atoms with van der Waals surface area (Å²) in [6.45, 7) is 4.57. The lowest BCUT2D eigenvalue weighted by Crippen LogP contribution is -2.47. The van der Waals surface area contributed by atoms with Gasteiger partial charge < -0.3 is 10.1 Å². The zero-order valence-electron chi connectivity index (χ0n) is 12.7. The van der Waals surface area contributed by atoms with Crippen molar-refractivity contribution in [1.29, 1.82) is 0 Å². The molecule has 0 fully saturated rings. The van der Waals surface area contributed by atoms with Crippen LogP contribution in [0.5, 0.6) is 5.75 Å². The van der Waals surface area contributed by atoms with Gasteiger partial charge in [-0.1, -0.05) is 38.0 Å². The maximum atomic E-state index is 11.9. The van der Waals surface area contributed by atoms with E-state index in [9.17, 15) is 4.79 Å². The summed E-state index contributed by atoms with van der Waals surface area (Å²) < 4.78 is 5.57. The summed E-state index contributed by atoms with van der Waals surface area (Å²) in [5.74, 6) is 4.71. The van der Waals surface area contributed by atoms with Crippen LogP contribution in [0, 0.1) is 12.3 Å². The van der Waals surface area contributed by atoms with Crippen molar-refractivity contribution in [3.63, 3.8) is 0 Å². The van der Waals surface area contributed by atoms with Crippen molar-refractivity contribution < 1.29 is 9.53 Å². The van der Waals surface area contributed by atoms with E-state index < -0.39 is 5.54 Å². The summed E-state index contributed by atoms with van der Waals surface area (Å²) in [5, 5.41) is 2.95. The number of carbonyl (C=O) groups excluding carboxylic acids is 1. The van der Waals surface area contributed by atoms with Crippen molar-refractivity contribution in [2.45, 2.75) is 32.2 Å². The third-order valence-corrected chi connectivity index (χ3v) is 4.26. The molecule has 114 valence electrons. The fourth-order valence-corrected chi connectivity index (χ4v) is 2.47. The molecule has 0 saturated carbocycles. The van der Waals surface area contributed by atoms with Crippen molar-refractivity contribution in [3.8, 4) is 18.1 Å². The van der Waals surface area contributed by atoms with Gasteiger partial charge in [-0.3, -0.25) is 4.79 Å². The number of amides is 1. The second kappa shape index (κ2) is 9.36. The minimum Gasteiger partial charge on any atom is -0.493 e. The van der Waals surface area contributed by atoms with Crippen LogP contribution in [0.2, 0.25) is 0 Å². The fraction of sp³-hybridized carbons (Fsp3) is 0.471. The summed E-state index contributed by atoms with van der Waals surface area (Å²) in [6.07, 6.45) is 7.01. The number of benzene rings is 1. The Balaban J connectivity index is 2.21. The molecule has 4 heteroatoms. The van der Waals surface area contributed by atoms with E-state index in [0.29, 0.717) is 12.4 Å². The zero-order chi connectivity index (χ0) is 15.6. The molecule has 0 aromatic heterocycles. The van der Waals surface area contributed by atoms with Crippen molar-refractivity contribution in [3.05, 3.63) is 30.3 Å². The smallest absolute Gasteiger partial charge is 0.231 e. The van der Waals surface area contributed by atoms with E-state index in [0.717, 1.165) is 24.3 Å². The number of para-hydroxylation sites is 1. The molecule has 0 unspecified atom stereocenters. The van der Waals surface area contributed by atoms with Gasteiger partial charge in [0.15, 0.2) is 0 Å². The third-order valence-electron chi connectivity index (χ3n) is 3.33. The minimum absolute atomic E-state index is 0.0126. The number of thioether (sulfide) groups is 1. The molecule has 0 aliphatic rings. The average Bonchev–Trinajstić information content (AvgIpc) is 2.53. The number of ether oxygens (including phenoxy) is 1. The van der Waals surface area contributed by atoms with Gasteiger partial charge in [0.25, 0.3) is 0 Å². The highest BCUT2D eigenvalue weighted by atomic mass is 32.2. The molecule has 0 aliphatic heterocycles. The van der Waals surface area contributed by atoms with E-state index in [2.05, 4.69) is 11.2 Å². The number of hydrogen-bond acceptors (Lipinski definition) is 3. The van der Waals surface area contributed by atoms with Gasteiger partial charge in [-0.15, -0.1) is 18.2 Å². The number of carbonyl (C=O) groups is 1. The highest BCUT2D eigenvalue weighted by Gasteiger charge is 2.24. The Morgan fingerprint density at radius 1 is 1.33 bits per heavy atom. The Labute approximate surface area is 131 Å². The van der Waals surface area contributed by atoms with Crippen molar-refractivity contribution in [2.24, 2.45) is 0 Å². The van der Waals surface area contributed by atoms with Gasteiger partial charge in [0.05, 0.1) is 12.4 Å². The molecule has 0 atom stereocenters. The van der Waals surface area contributed by atoms with Crippen LogP contribution in [0.1, 0.15) is 26.7 Å². The number of terminal acetylenes is 1. The number of nitrogens with one attached hydrogen (secondary N) is 1. The molecular weight excluding hydrogens is 282 g/mol. The lowest BCUT2D eigenvalue weighted by molar-refractivity contribution is -0.119. The predicted molar refractivity (Wildman–Crippen MR) is 89.6 cm³/mol. The zero-order valence-corrected chi connectivity index (χ0v) is 13.5. The Morgan fingerprint density at radius 2 is 2.00 bits per heavy atom. The van der Waals surface area contributed by atoms with Crippen LogP contribution in [0.4, 0.5) is 0 Å². The van der Waals surface area contributed by atoms with Crippen LogP contribution >= 0.6 is 11.8 Å². The molecule has 0 radical (unpaired) electrons. The normalized spacial score (nSPS) is 10.7. The maximum absolute atomic E-state index is 11.9. The van der Waals surface area contributed by atoms with Gasteiger partial charge in [-0.05, 0) is 25.0 Å². The third kappa shape index (κ3) is 6.14. The quantitative estimate of drug-likeness (QED) is 0.563. The molecule has 3 nitrogen and oxygen atoms in total. The highest BCUT2D eigenvalue weighted by molar-refractivity contribution is 7.99. The molecule has 0 bridgehead atoms. The van der Waals surface area contributed by atoms with Gasteiger partial charge in [-0.25, -0.2) is 0 Å². The average molecular weight is 305 g/mol. The molecule has 1 aromatic rings. The highest BCUT2D eigenvalue weighted by Crippen LogP contribution is 2.14. The fourth-order valence-electron chi connectivity index (χ4n) is 1.87. The molecular formula is C17H23NO2S. The molecule has 0 aliphatic carbocycles. The van der Waals surface area contributed by atoms with Crippen LogP contribution in [-0.4, -0.2) is 29.6 Å². The number of hydrogen-bond donors (Lipinski definition) is 1. The number of rotatable bonds is 9. The maximum Gasteiger partial charge on any atom is 0.231 e. The molecule has 0 saturated heterocycles. The molecule has 21 heavy (non-hydrogen) atoms. The summed E-state index contributed by atoms with van der Waals surface area (Å²) >= 11 is 1.55. The summed E-state index contributed by atoms with van der Waals surface area (Å²) in [7, 11) is 0. The molecule has 0 spiro atoms. The first-order valence-corrected chi connectivity index (χ1v) is 8.35. The van der Waals surface area contributed by atoms with E-state index in [1.165, 1.54) is 0 Å². The van der Waals surface area contributed by atoms with Crippen molar-refractivity contribution >= 4 is 17.7 Å². The first kappa shape index (κ1) is 17.5. The standard InChI is InChI=1S/C17H23NO2S/c1-4-17(5-2,6-3)18-16(19)14-21-13-12-20-15-10-8-7-9-11-15/h1,7-11H,5-6,12-14H2,2-3H3,(H,18,19). The van der Waals surface area contributed by atoms with Crippen LogP contribution in [0.15, 0.2) is 30.3 Å². The topological polar surface area (TPSA) is 38.3 Å². The molecule has 1 aromatic carbocycles. The van der Waals surface area contributed by atoms with Crippen LogP contribution in [0.25, 0.3) is 0 Å². The summed E-state index contributed by atoms with van der Waals surface area (Å²) in [6, 6.07) is 9.66.